The van der Waals surface area contributed by atoms with Gasteiger partial charge in [0.2, 0.25) is 0 Å². The molecule has 3 N–H and O–H groups in total. The van der Waals surface area contributed by atoms with Crippen LogP contribution >= 0.6 is 11.6 Å². The highest BCUT2D eigenvalue weighted by atomic mass is 35.5. The van der Waals surface area contributed by atoms with Gasteiger partial charge < -0.3 is 5.73 Å². The Morgan fingerprint density at radius 1 is 2.00 bits per heavy atom. The van der Waals surface area contributed by atoms with Gasteiger partial charge in [0.1, 0.15) is 0 Å². The smallest absolute Gasteiger partial charge is 0.256 e. The molecule has 0 saturated heterocycles. The van der Waals surface area contributed by atoms with Crippen LogP contribution in [0.3, 0.4) is 0 Å². The number of rotatable bonds is 2. The van der Waals surface area contributed by atoms with Crippen LogP contribution in [0.15, 0.2) is 0 Å². The molecule has 0 aromatic heterocycles. The molecule has 0 aromatic carbocycles. The molecule has 0 aliphatic carbocycles. The largest absolute Gasteiger partial charge is 0.319 e. The van der Waals surface area contributed by atoms with E-state index in [0.717, 1.165) is 0 Å². The molecule has 1 atom stereocenters. The van der Waals surface area contributed by atoms with Crippen LogP contribution < -0.4 is 11.5 Å². The molecule has 0 fully saturated rings. The van der Waals surface area contributed by atoms with E-state index in [2.05, 4.69) is 0 Å². The van der Waals surface area contributed by atoms with Crippen LogP contribution in [0.4, 0.5) is 0 Å². The van der Waals surface area contributed by atoms with Crippen LogP contribution in [0.1, 0.15) is 0 Å². The van der Waals surface area contributed by atoms with E-state index < -0.39 is 11.9 Å². The van der Waals surface area contributed by atoms with Crippen molar-refractivity contribution in [2.45, 2.75) is 6.04 Å². The fourth-order valence-electron chi connectivity index (χ4n) is 0.0701. The third-order valence-corrected chi connectivity index (χ3v) is 0.835. The van der Waals surface area contributed by atoms with Crippen molar-refractivity contribution in [3.05, 3.63) is 0 Å². The first-order valence-electron chi connectivity index (χ1n) is 1.75. The van der Waals surface area contributed by atoms with Gasteiger partial charge in [0, 0.05) is 5.88 Å². The van der Waals surface area contributed by atoms with Crippen LogP contribution in [0.25, 0.3) is 0 Å². The summed E-state index contributed by atoms with van der Waals surface area (Å²) in [6.07, 6.45) is 0. The fraction of sp³-hybridized carbons (Fsp3) is 0.667. The first-order valence-corrected chi connectivity index (χ1v) is 2.29. The summed E-state index contributed by atoms with van der Waals surface area (Å²) in [4.78, 5) is 9.83. The van der Waals surface area contributed by atoms with E-state index in [4.69, 9.17) is 23.1 Å². The van der Waals surface area contributed by atoms with Crippen molar-refractivity contribution in [2.24, 2.45) is 5.73 Å². The Morgan fingerprint density at radius 3 is 2.43 bits per heavy atom. The minimum Gasteiger partial charge on any atom is -0.319 e. The molecule has 0 bridgehead atoms. The van der Waals surface area contributed by atoms with Gasteiger partial charge in [0.05, 0.1) is 6.04 Å². The summed E-state index contributed by atoms with van der Waals surface area (Å²) in [5.41, 5.74) is 11.3. The zero-order valence-electron chi connectivity index (χ0n) is 3.65. The van der Waals surface area contributed by atoms with E-state index in [1.54, 1.807) is 0 Å². The van der Waals surface area contributed by atoms with Crippen molar-refractivity contribution in [1.82, 2.24) is 5.73 Å². The minimum absolute atomic E-state index is 0.0301. The highest BCUT2D eigenvalue weighted by molar-refractivity contribution is 6.19. The number of alkyl halides is 1. The lowest BCUT2D eigenvalue weighted by Gasteiger charge is -1.95. The van der Waals surface area contributed by atoms with Crippen LogP contribution in [0.5, 0.6) is 0 Å². The second-order valence-corrected chi connectivity index (χ2v) is 1.43. The first-order chi connectivity index (χ1) is 3.18. The van der Waals surface area contributed by atoms with Gasteiger partial charge in [-0.3, -0.25) is 10.5 Å². The Balaban J connectivity index is 3.34. The Hall–Kier alpha value is -0.280. The summed E-state index contributed by atoms with van der Waals surface area (Å²) in [7, 11) is 0. The first kappa shape index (κ1) is 6.72. The lowest BCUT2D eigenvalue weighted by Crippen LogP contribution is -2.32. The molecular formula is C3H6ClN2O. The number of hydrogen-bond donors (Lipinski definition) is 1. The molecule has 3 nitrogen and oxygen atoms in total. The van der Waals surface area contributed by atoms with E-state index >= 15 is 0 Å². The van der Waals surface area contributed by atoms with Crippen molar-refractivity contribution >= 4 is 17.5 Å². The monoisotopic (exact) mass is 121 g/mol. The average molecular weight is 122 g/mol. The number of nitrogens with one attached hydrogen (secondary N) is 1. The van der Waals surface area contributed by atoms with Crippen molar-refractivity contribution in [1.29, 1.82) is 0 Å². The quantitative estimate of drug-likeness (QED) is 0.494. The fourth-order valence-corrected chi connectivity index (χ4v) is 0.210. The molecule has 0 aliphatic heterocycles. The van der Waals surface area contributed by atoms with E-state index in [-0.39, 0.29) is 5.88 Å². The SMILES string of the molecule is [NH]C(=O)C(N)CCl. The van der Waals surface area contributed by atoms with Gasteiger partial charge in [-0.1, -0.05) is 0 Å². The number of halogens is 1. The molecule has 7 heavy (non-hydrogen) atoms. The zero-order chi connectivity index (χ0) is 5.86. The molecule has 0 rings (SSSR count). The van der Waals surface area contributed by atoms with Crippen LogP contribution in [-0.4, -0.2) is 17.8 Å². The Kier molecular flexibility index (Phi) is 2.71. The molecule has 41 valence electrons. The molecule has 1 radical (unpaired) electrons. The van der Waals surface area contributed by atoms with E-state index in [9.17, 15) is 4.79 Å². The lowest BCUT2D eigenvalue weighted by molar-refractivity contribution is -0.119. The van der Waals surface area contributed by atoms with Crippen LogP contribution in [0, 0.1) is 0 Å². The summed E-state index contributed by atoms with van der Waals surface area (Å²) >= 11 is 5.08. The number of amides is 1. The van der Waals surface area contributed by atoms with Gasteiger partial charge >= 0.3 is 0 Å². The number of carbonyl (C=O) groups excluding carboxylic acids is 1. The van der Waals surface area contributed by atoms with Crippen LogP contribution in [0.2, 0.25) is 0 Å². The molecule has 0 spiro atoms. The van der Waals surface area contributed by atoms with Gasteiger partial charge in [-0.15, -0.1) is 11.6 Å². The molecule has 0 heterocycles. The standard InChI is InChI=1S/C3H6ClN2O/c4-1-2(5)3(6)7/h2,6H,1,5H2. The van der Waals surface area contributed by atoms with Gasteiger partial charge in [-0.2, -0.15) is 0 Å². The predicted molar refractivity (Wildman–Crippen MR) is 26.8 cm³/mol. The van der Waals surface area contributed by atoms with Gasteiger partial charge in [0.25, 0.3) is 5.91 Å². The lowest BCUT2D eigenvalue weighted by atomic mass is 10.4. The number of carbonyl (C=O) groups is 1. The van der Waals surface area contributed by atoms with Crippen molar-refractivity contribution in [3.8, 4) is 0 Å². The highest BCUT2D eigenvalue weighted by Gasteiger charge is 2.05. The molecule has 0 saturated carbocycles. The molecule has 1 amide bonds. The van der Waals surface area contributed by atoms with E-state index in [1.165, 1.54) is 0 Å². The Bertz CT molecular complexity index is 75.3. The maximum atomic E-state index is 9.83. The van der Waals surface area contributed by atoms with Gasteiger partial charge in [-0.25, -0.2) is 0 Å². The average Bonchev–Trinajstić information content (AvgIpc) is 1.65. The van der Waals surface area contributed by atoms with Crippen LogP contribution in [-0.2, 0) is 4.79 Å². The third-order valence-electron chi connectivity index (χ3n) is 0.503. The zero-order valence-corrected chi connectivity index (χ0v) is 4.40. The predicted octanol–water partition coefficient (Wildman–Crippen LogP) is -0.638. The summed E-state index contributed by atoms with van der Waals surface area (Å²) < 4.78 is 0. The summed E-state index contributed by atoms with van der Waals surface area (Å²) in [6, 6.07) is -0.804. The molecule has 1 unspecified atom stereocenters. The normalized spacial score (nSPS) is 13.4. The van der Waals surface area contributed by atoms with E-state index in [1.807, 2.05) is 0 Å². The topological polar surface area (TPSA) is 66.9 Å². The summed E-state index contributed by atoms with van der Waals surface area (Å²) in [5.74, 6) is -0.780. The minimum atomic E-state index is -0.810. The van der Waals surface area contributed by atoms with Crippen molar-refractivity contribution < 1.29 is 4.79 Å². The highest BCUT2D eigenvalue weighted by Crippen LogP contribution is 1.80. The summed E-state index contributed by atoms with van der Waals surface area (Å²) in [6.45, 7) is 0. The third kappa shape index (κ3) is 2.42. The molecule has 4 heteroatoms. The maximum Gasteiger partial charge on any atom is 0.256 e. The summed E-state index contributed by atoms with van der Waals surface area (Å²) in [5, 5.41) is 0. The second-order valence-electron chi connectivity index (χ2n) is 1.13. The molecule has 0 aromatic rings. The number of hydrogen-bond acceptors (Lipinski definition) is 2. The number of nitrogens with two attached hydrogens (primary N) is 1. The van der Waals surface area contributed by atoms with Crippen molar-refractivity contribution in [3.63, 3.8) is 0 Å². The van der Waals surface area contributed by atoms with Crippen molar-refractivity contribution in [2.75, 3.05) is 5.88 Å². The van der Waals surface area contributed by atoms with Gasteiger partial charge in [0.15, 0.2) is 0 Å². The van der Waals surface area contributed by atoms with Gasteiger partial charge in [-0.05, 0) is 0 Å². The Morgan fingerprint density at radius 2 is 2.43 bits per heavy atom. The second kappa shape index (κ2) is 2.82. The Labute approximate surface area is 46.6 Å². The van der Waals surface area contributed by atoms with E-state index in [0.29, 0.717) is 0 Å². The maximum absolute atomic E-state index is 9.83. The molecular weight excluding hydrogens is 115 g/mol. The molecule has 0 aliphatic rings.